The third-order valence-electron chi connectivity index (χ3n) is 3.62. The Balaban J connectivity index is 1.43. The number of amides is 1. The summed E-state index contributed by atoms with van der Waals surface area (Å²) in [6, 6.07) is 10.3. The third-order valence-corrected chi connectivity index (χ3v) is 6.60. The highest BCUT2D eigenvalue weighted by Gasteiger charge is 2.12. The number of tetrazole rings is 1. The molecule has 1 N–H and O–H groups in total. The van der Waals surface area contributed by atoms with Crippen LogP contribution in [0.25, 0.3) is 5.69 Å². The van der Waals surface area contributed by atoms with E-state index in [4.69, 9.17) is 0 Å². The molecule has 0 bridgehead atoms. The van der Waals surface area contributed by atoms with Crippen molar-refractivity contribution in [2.24, 2.45) is 0 Å². The molecule has 0 aliphatic carbocycles. The molecule has 0 unspecified atom stereocenters. The molecule has 2 aromatic heterocycles. The maximum Gasteiger partial charge on any atom is 0.230 e. The minimum absolute atomic E-state index is 0.00769. The first-order chi connectivity index (χ1) is 13.1. The number of nitrogens with zero attached hydrogens (tertiary/aromatic N) is 4. The maximum atomic E-state index is 12.1. The van der Waals surface area contributed by atoms with Crippen LogP contribution in [-0.2, 0) is 10.5 Å². The van der Waals surface area contributed by atoms with Gasteiger partial charge in [0.25, 0.3) is 0 Å². The molecule has 142 valence electrons. The van der Waals surface area contributed by atoms with E-state index in [1.165, 1.54) is 16.6 Å². The zero-order valence-corrected chi connectivity index (χ0v) is 17.7. The SMILES string of the molecule is Cc1cc(C)cc(-n2nnnc2SCC(=O)NCCSCc2cccs2)c1. The number of carbonyl (C=O) groups excluding carboxylic acids is 1. The van der Waals surface area contributed by atoms with Crippen molar-refractivity contribution in [1.82, 2.24) is 25.5 Å². The number of thioether (sulfide) groups is 2. The van der Waals surface area contributed by atoms with Crippen LogP contribution in [0.1, 0.15) is 16.0 Å². The van der Waals surface area contributed by atoms with E-state index in [0.29, 0.717) is 17.5 Å². The van der Waals surface area contributed by atoms with Gasteiger partial charge in [-0.1, -0.05) is 23.9 Å². The van der Waals surface area contributed by atoms with Crippen molar-refractivity contribution in [1.29, 1.82) is 0 Å². The Morgan fingerprint density at radius 1 is 1.26 bits per heavy atom. The molecule has 0 spiro atoms. The Hall–Kier alpha value is -1.84. The van der Waals surface area contributed by atoms with Crippen molar-refractivity contribution in [3.63, 3.8) is 0 Å². The average Bonchev–Trinajstić information content (AvgIpc) is 3.30. The highest BCUT2D eigenvalue weighted by atomic mass is 32.2. The molecule has 0 aliphatic rings. The van der Waals surface area contributed by atoms with E-state index < -0.39 is 0 Å². The number of aromatic nitrogens is 4. The summed E-state index contributed by atoms with van der Waals surface area (Å²) < 4.78 is 1.68. The van der Waals surface area contributed by atoms with Crippen LogP contribution in [0, 0.1) is 13.8 Å². The van der Waals surface area contributed by atoms with Gasteiger partial charge in [0, 0.05) is 22.9 Å². The lowest BCUT2D eigenvalue weighted by molar-refractivity contribution is -0.118. The van der Waals surface area contributed by atoms with Gasteiger partial charge in [-0.15, -0.1) is 16.4 Å². The average molecular weight is 420 g/mol. The van der Waals surface area contributed by atoms with E-state index in [-0.39, 0.29) is 5.91 Å². The van der Waals surface area contributed by atoms with Gasteiger partial charge < -0.3 is 5.32 Å². The predicted molar refractivity (Wildman–Crippen MR) is 113 cm³/mol. The predicted octanol–water partition coefficient (Wildman–Crippen LogP) is 3.48. The highest BCUT2D eigenvalue weighted by Crippen LogP contribution is 2.20. The van der Waals surface area contributed by atoms with Crippen LogP contribution >= 0.6 is 34.9 Å². The van der Waals surface area contributed by atoms with Gasteiger partial charge in [0.15, 0.2) is 0 Å². The number of rotatable bonds is 9. The highest BCUT2D eigenvalue weighted by molar-refractivity contribution is 7.99. The van der Waals surface area contributed by atoms with E-state index >= 15 is 0 Å². The summed E-state index contributed by atoms with van der Waals surface area (Å²) in [5, 5.41) is 17.5. The Labute approximate surface area is 171 Å². The summed E-state index contributed by atoms with van der Waals surface area (Å²) in [7, 11) is 0. The van der Waals surface area contributed by atoms with Crippen LogP contribution in [0.15, 0.2) is 40.9 Å². The standard InChI is InChI=1S/C18H21N5OS3/c1-13-8-14(2)10-15(9-13)23-18(20-21-22-23)27-12-17(24)19-5-7-25-11-16-4-3-6-26-16/h3-4,6,8-10H,5,7,11-12H2,1-2H3,(H,19,24). The van der Waals surface area contributed by atoms with E-state index in [1.807, 2.05) is 37.7 Å². The fourth-order valence-electron chi connectivity index (χ4n) is 2.52. The van der Waals surface area contributed by atoms with E-state index in [9.17, 15) is 4.79 Å². The van der Waals surface area contributed by atoms with Crippen molar-refractivity contribution in [3.05, 3.63) is 51.7 Å². The molecule has 27 heavy (non-hydrogen) atoms. The largest absolute Gasteiger partial charge is 0.355 e. The third kappa shape index (κ3) is 6.08. The molecule has 0 saturated carbocycles. The maximum absolute atomic E-state index is 12.1. The molecule has 3 rings (SSSR count). The molecule has 0 aliphatic heterocycles. The lowest BCUT2D eigenvalue weighted by Crippen LogP contribution is -2.27. The number of thiophene rings is 1. The number of hydrogen-bond donors (Lipinski definition) is 1. The number of aryl methyl sites for hydroxylation is 2. The Bertz CT molecular complexity index is 859. The van der Waals surface area contributed by atoms with E-state index in [0.717, 1.165) is 28.3 Å². The van der Waals surface area contributed by atoms with Gasteiger partial charge in [-0.2, -0.15) is 16.4 Å². The first-order valence-electron chi connectivity index (χ1n) is 8.48. The van der Waals surface area contributed by atoms with E-state index in [2.05, 4.69) is 44.4 Å². The Kier molecular flexibility index (Phi) is 7.31. The number of hydrogen-bond acceptors (Lipinski definition) is 7. The molecule has 1 aromatic carbocycles. The van der Waals surface area contributed by atoms with Crippen LogP contribution < -0.4 is 5.32 Å². The van der Waals surface area contributed by atoms with Crippen LogP contribution in [0.4, 0.5) is 0 Å². The molecule has 6 nitrogen and oxygen atoms in total. The summed E-state index contributed by atoms with van der Waals surface area (Å²) in [4.78, 5) is 13.4. The number of benzene rings is 1. The van der Waals surface area contributed by atoms with E-state index in [1.54, 1.807) is 16.0 Å². The lowest BCUT2D eigenvalue weighted by Gasteiger charge is -2.07. The van der Waals surface area contributed by atoms with Crippen LogP contribution in [0.5, 0.6) is 0 Å². The molecular formula is C18H21N5OS3. The van der Waals surface area contributed by atoms with Gasteiger partial charge in [-0.25, -0.2) is 0 Å². The molecule has 1 amide bonds. The van der Waals surface area contributed by atoms with Crippen molar-refractivity contribution in [3.8, 4) is 5.69 Å². The van der Waals surface area contributed by atoms with Gasteiger partial charge in [0.2, 0.25) is 11.1 Å². The first kappa shape index (κ1) is 19.9. The smallest absolute Gasteiger partial charge is 0.230 e. The first-order valence-corrected chi connectivity index (χ1v) is 11.5. The van der Waals surface area contributed by atoms with Crippen LogP contribution in [0.2, 0.25) is 0 Å². The molecule has 3 aromatic rings. The summed E-state index contributed by atoms with van der Waals surface area (Å²) in [6.45, 7) is 4.74. The second-order valence-electron chi connectivity index (χ2n) is 5.99. The lowest BCUT2D eigenvalue weighted by atomic mass is 10.1. The van der Waals surface area contributed by atoms with Crippen molar-refractivity contribution in [2.45, 2.75) is 24.8 Å². The molecule has 2 heterocycles. The fourth-order valence-corrected chi connectivity index (χ4v) is 4.94. The van der Waals surface area contributed by atoms with Crippen molar-refractivity contribution < 1.29 is 4.79 Å². The Morgan fingerprint density at radius 2 is 2.07 bits per heavy atom. The molecule has 0 fully saturated rings. The fraction of sp³-hybridized carbons (Fsp3) is 0.333. The minimum Gasteiger partial charge on any atom is -0.355 e. The quantitative estimate of drug-likeness (QED) is 0.423. The van der Waals surface area contributed by atoms with Crippen molar-refractivity contribution >= 4 is 40.8 Å². The zero-order valence-electron chi connectivity index (χ0n) is 15.2. The van der Waals surface area contributed by atoms with Crippen LogP contribution in [-0.4, -0.2) is 44.2 Å². The van der Waals surface area contributed by atoms with Gasteiger partial charge >= 0.3 is 0 Å². The minimum atomic E-state index is -0.00769. The molecule has 9 heteroatoms. The summed E-state index contributed by atoms with van der Waals surface area (Å²) in [5.74, 6) is 2.18. The second kappa shape index (κ2) is 9.91. The van der Waals surface area contributed by atoms with Gasteiger partial charge in [0.1, 0.15) is 0 Å². The van der Waals surface area contributed by atoms with Crippen molar-refractivity contribution in [2.75, 3.05) is 18.1 Å². The molecule has 0 saturated heterocycles. The summed E-state index contributed by atoms with van der Waals surface area (Å²) in [5.41, 5.74) is 3.20. The van der Waals surface area contributed by atoms with Gasteiger partial charge in [-0.3, -0.25) is 4.79 Å². The number of carbonyl (C=O) groups is 1. The Morgan fingerprint density at radius 3 is 2.81 bits per heavy atom. The normalized spacial score (nSPS) is 10.9. The molecule has 0 atom stereocenters. The van der Waals surface area contributed by atoms with Crippen LogP contribution in [0.3, 0.4) is 0 Å². The topological polar surface area (TPSA) is 72.7 Å². The number of nitrogens with one attached hydrogen (secondary N) is 1. The molecular weight excluding hydrogens is 398 g/mol. The monoisotopic (exact) mass is 419 g/mol. The van der Waals surface area contributed by atoms with Gasteiger partial charge in [0.05, 0.1) is 11.4 Å². The second-order valence-corrected chi connectivity index (χ2v) is 9.07. The summed E-state index contributed by atoms with van der Waals surface area (Å²) >= 11 is 4.93. The molecule has 0 radical (unpaired) electrons. The van der Waals surface area contributed by atoms with Gasteiger partial charge in [-0.05, 0) is 59.0 Å². The summed E-state index contributed by atoms with van der Waals surface area (Å²) in [6.07, 6.45) is 0. The zero-order chi connectivity index (χ0) is 19.1.